The number of hydrogen-bond acceptors (Lipinski definition) is 2. The van der Waals surface area contributed by atoms with Crippen LogP contribution in [0.3, 0.4) is 0 Å². The van der Waals surface area contributed by atoms with E-state index in [1.54, 1.807) is 0 Å². The van der Waals surface area contributed by atoms with E-state index in [1.807, 2.05) is 12.1 Å². The summed E-state index contributed by atoms with van der Waals surface area (Å²) in [7, 11) is 0. The predicted molar refractivity (Wildman–Crippen MR) is 52.0 cm³/mol. The Balaban J connectivity index is 2.71. The van der Waals surface area contributed by atoms with E-state index in [0.717, 1.165) is 10.2 Å². The molecule has 4 heteroatoms. The van der Waals surface area contributed by atoms with Crippen molar-refractivity contribution in [1.82, 2.24) is 0 Å². The highest BCUT2D eigenvalue weighted by atomic mass is 79.9. The fourth-order valence-electron chi connectivity index (χ4n) is 1.23. The van der Waals surface area contributed by atoms with Crippen molar-refractivity contribution in [3.8, 4) is 0 Å². The second-order valence-electron chi connectivity index (χ2n) is 2.56. The molecule has 0 bridgehead atoms. The average Bonchev–Trinajstić information content (AvgIpc) is 2.41. The lowest BCUT2D eigenvalue weighted by Gasteiger charge is -2.01. The summed E-state index contributed by atoms with van der Waals surface area (Å²) < 4.78 is 0.764. The maximum absolute atomic E-state index is 11.3. The van der Waals surface area contributed by atoms with E-state index in [2.05, 4.69) is 21.2 Å². The van der Waals surface area contributed by atoms with E-state index in [4.69, 9.17) is 11.6 Å². The third kappa shape index (κ3) is 1.04. The van der Waals surface area contributed by atoms with Crippen molar-refractivity contribution in [2.75, 3.05) is 11.9 Å². The second kappa shape index (κ2) is 2.75. The Labute approximate surface area is 83.0 Å². The standard InChI is InChI=1S/C8H5BrClNO/c9-4-1-2-5-7(8(4)10)6(12)3-11-5/h1-2,11H,3H2. The van der Waals surface area contributed by atoms with Gasteiger partial charge < -0.3 is 5.32 Å². The van der Waals surface area contributed by atoms with Crippen LogP contribution in [0.1, 0.15) is 10.4 Å². The van der Waals surface area contributed by atoms with Gasteiger partial charge >= 0.3 is 0 Å². The van der Waals surface area contributed by atoms with Crippen LogP contribution in [0.15, 0.2) is 16.6 Å². The molecular formula is C8H5BrClNO. The van der Waals surface area contributed by atoms with Crippen LogP contribution in [0, 0.1) is 0 Å². The van der Waals surface area contributed by atoms with E-state index in [0.29, 0.717) is 17.1 Å². The monoisotopic (exact) mass is 245 g/mol. The van der Waals surface area contributed by atoms with E-state index < -0.39 is 0 Å². The number of nitrogens with one attached hydrogen (secondary N) is 1. The second-order valence-corrected chi connectivity index (χ2v) is 3.79. The first-order valence-corrected chi connectivity index (χ1v) is 4.62. The fraction of sp³-hybridized carbons (Fsp3) is 0.125. The molecule has 2 nitrogen and oxygen atoms in total. The number of halogens is 2. The van der Waals surface area contributed by atoms with Gasteiger partial charge in [0.2, 0.25) is 0 Å². The summed E-state index contributed by atoms with van der Waals surface area (Å²) >= 11 is 9.19. The first-order valence-electron chi connectivity index (χ1n) is 3.45. The van der Waals surface area contributed by atoms with Crippen LogP contribution in [0.25, 0.3) is 0 Å². The predicted octanol–water partition coefficient (Wildman–Crippen LogP) is 2.71. The lowest BCUT2D eigenvalue weighted by Crippen LogP contribution is -2.01. The summed E-state index contributed by atoms with van der Waals surface area (Å²) in [6, 6.07) is 3.67. The quantitative estimate of drug-likeness (QED) is 0.762. The topological polar surface area (TPSA) is 29.1 Å². The van der Waals surface area contributed by atoms with Crippen LogP contribution >= 0.6 is 27.5 Å². The number of fused-ring (bicyclic) bond motifs is 1. The van der Waals surface area contributed by atoms with Crippen molar-refractivity contribution in [3.05, 3.63) is 27.2 Å². The first-order chi connectivity index (χ1) is 5.70. The largest absolute Gasteiger partial charge is 0.377 e. The molecule has 0 spiro atoms. The minimum Gasteiger partial charge on any atom is -0.377 e. The molecule has 0 unspecified atom stereocenters. The molecule has 0 aromatic heterocycles. The zero-order chi connectivity index (χ0) is 8.72. The fourth-order valence-corrected chi connectivity index (χ4v) is 1.84. The number of hydrogen-bond donors (Lipinski definition) is 1. The smallest absolute Gasteiger partial charge is 0.185 e. The van der Waals surface area contributed by atoms with Crippen LogP contribution < -0.4 is 5.32 Å². The number of benzene rings is 1. The third-order valence-corrected chi connectivity index (χ3v) is 3.09. The van der Waals surface area contributed by atoms with Crippen molar-refractivity contribution in [1.29, 1.82) is 0 Å². The minimum absolute atomic E-state index is 0.0521. The number of rotatable bonds is 0. The Hall–Kier alpha value is -0.540. The van der Waals surface area contributed by atoms with Gasteiger partial charge in [0.05, 0.1) is 17.1 Å². The number of Topliss-reactive ketones (excluding diaryl/α,β-unsaturated/α-hetero) is 1. The first kappa shape index (κ1) is 8.08. The van der Waals surface area contributed by atoms with Crippen molar-refractivity contribution < 1.29 is 4.79 Å². The van der Waals surface area contributed by atoms with E-state index in [9.17, 15) is 4.79 Å². The SMILES string of the molecule is O=C1CNc2ccc(Br)c(Cl)c21. The lowest BCUT2D eigenvalue weighted by atomic mass is 10.1. The lowest BCUT2D eigenvalue weighted by molar-refractivity contribution is 0.101. The molecule has 1 aromatic rings. The highest BCUT2D eigenvalue weighted by Crippen LogP contribution is 2.34. The van der Waals surface area contributed by atoms with Gasteiger partial charge in [-0.2, -0.15) is 0 Å². The van der Waals surface area contributed by atoms with Crippen molar-refractivity contribution in [2.45, 2.75) is 0 Å². The molecule has 1 aliphatic heterocycles. The van der Waals surface area contributed by atoms with Crippen LogP contribution in [0.2, 0.25) is 5.02 Å². The number of ketones is 1. The Kier molecular flexibility index (Phi) is 1.85. The van der Waals surface area contributed by atoms with Crippen LogP contribution in [0.4, 0.5) is 5.69 Å². The summed E-state index contributed by atoms with van der Waals surface area (Å²) in [6.45, 7) is 0.353. The number of anilines is 1. The summed E-state index contributed by atoms with van der Waals surface area (Å²) in [5.74, 6) is 0.0521. The van der Waals surface area contributed by atoms with Crippen molar-refractivity contribution in [3.63, 3.8) is 0 Å². The molecule has 62 valence electrons. The molecule has 0 saturated carbocycles. The van der Waals surface area contributed by atoms with Gasteiger partial charge in [-0.15, -0.1) is 0 Å². The highest BCUT2D eigenvalue weighted by Gasteiger charge is 2.22. The zero-order valence-corrected chi connectivity index (χ0v) is 8.37. The van der Waals surface area contributed by atoms with E-state index in [1.165, 1.54) is 0 Å². The Morgan fingerprint density at radius 2 is 2.25 bits per heavy atom. The van der Waals surface area contributed by atoms with Gasteiger partial charge in [0, 0.05) is 10.2 Å². The van der Waals surface area contributed by atoms with Crippen molar-refractivity contribution in [2.24, 2.45) is 0 Å². The molecule has 1 N–H and O–H groups in total. The molecule has 0 radical (unpaired) electrons. The molecule has 0 fully saturated rings. The molecule has 1 aromatic carbocycles. The molecule has 0 amide bonds. The summed E-state index contributed by atoms with van der Waals surface area (Å²) in [6.07, 6.45) is 0. The van der Waals surface area contributed by atoms with Crippen LogP contribution in [-0.4, -0.2) is 12.3 Å². The van der Waals surface area contributed by atoms with Gasteiger partial charge in [-0.3, -0.25) is 4.79 Å². The molecule has 0 saturated heterocycles. The Morgan fingerprint density at radius 3 is 3.00 bits per heavy atom. The summed E-state index contributed by atoms with van der Waals surface area (Å²) in [5, 5.41) is 3.47. The van der Waals surface area contributed by atoms with Gasteiger partial charge in [0.1, 0.15) is 0 Å². The number of carbonyl (C=O) groups excluding carboxylic acids is 1. The maximum atomic E-state index is 11.3. The highest BCUT2D eigenvalue weighted by molar-refractivity contribution is 9.10. The molecule has 12 heavy (non-hydrogen) atoms. The van der Waals surface area contributed by atoms with Gasteiger partial charge in [-0.05, 0) is 28.1 Å². The number of carbonyl (C=O) groups is 1. The molecular weight excluding hydrogens is 241 g/mol. The third-order valence-electron chi connectivity index (χ3n) is 1.81. The van der Waals surface area contributed by atoms with Crippen molar-refractivity contribution >= 4 is 39.0 Å². The molecule has 1 aliphatic rings. The summed E-state index contributed by atoms with van der Waals surface area (Å²) in [4.78, 5) is 11.3. The molecule has 0 aliphatic carbocycles. The minimum atomic E-state index is 0.0521. The van der Waals surface area contributed by atoms with Gasteiger partial charge in [-0.25, -0.2) is 0 Å². The van der Waals surface area contributed by atoms with Gasteiger partial charge in [0.25, 0.3) is 0 Å². The maximum Gasteiger partial charge on any atom is 0.185 e. The zero-order valence-electron chi connectivity index (χ0n) is 6.03. The average molecular weight is 246 g/mol. The van der Waals surface area contributed by atoms with Gasteiger partial charge in [0.15, 0.2) is 5.78 Å². The van der Waals surface area contributed by atoms with Crippen LogP contribution in [-0.2, 0) is 0 Å². The molecule has 0 atom stereocenters. The van der Waals surface area contributed by atoms with E-state index >= 15 is 0 Å². The van der Waals surface area contributed by atoms with Crippen LogP contribution in [0.5, 0.6) is 0 Å². The molecule has 1 heterocycles. The van der Waals surface area contributed by atoms with E-state index in [-0.39, 0.29) is 5.78 Å². The van der Waals surface area contributed by atoms with Gasteiger partial charge in [-0.1, -0.05) is 11.6 Å². The summed E-state index contributed by atoms with van der Waals surface area (Å²) in [5.41, 5.74) is 1.43. The Bertz CT molecular complexity index is 364. The Morgan fingerprint density at radius 1 is 1.50 bits per heavy atom. The molecule has 2 rings (SSSR count). The normalized spacial score (nSPS) is 14.3.